The highest BCUT2D eigenvalue weighted by atomic mass is 79.9. The Balaban J connectivity index is 1.74. The van der Waals surface area contributed by atoms with Crippen molar-refractivity contribution in [3.63, 3.8) is 0 Å². The van der Waals surface area contributed by atoms with Crippen LogP contribution in [0.3, 0.4) is 0 Å². The van der Waals surface area contributed by atoms with E-state index in [1.54, 1.807) is 5.06 Å². The average Bonchev–Trinajstić information content (AvgIpc) is 2.96. The summed E-state index contributed by atoms with van der Waals surface area (Å²) >= 11 is 8.52. The van der Waals surface area contributed by atoms with Gasteiger partial charge in [-0.05, 0) is 53.8 Å². The Labute approximate surface area is 240 Å². The van der Waals surface area contributed by atoms with E-state index in [4.69, 9.17) is 4.84 Å². The second-order valence-electron chi connectivity index (χ2n) is 8.51. The Bertz CT molecular complexity index is 1140. The van der Waals surface area contributed by atoms with E-state index in [9.17, 15) is 4.79 Å². The van der Waals surface area contributed by atoms with Crippen LogP contribution in [0.15, 0.2) is 125 Å². The number of hydroxylamine groups is 2. The van der Waals surface area contributed by atoms with Gasteiger partial charge in [-0.3, -0.25) is 4.79 Å². The Hall–Kier alpha value is -2.38. The molecule has 0 aliphatic rings. The number of thioether (sulfide) groups is 1. The van der Waals surface area contributed by atoms with Gasteiger partial charge < -0.3 is 0 Å². The topological polar surface area (TPSA) is 29.5 Å². The van der Waals surface area contributed by atoms with Crippen molar-refractivity contribution in [3.8, 4) is 0 Å². The summed E-state index contributed by atoms with van der Waals surface area (Å²) in [4.78, 5) is 21.7. The van der Waals surface area contributed by atoms with Crippen LogP contribution in [-0.4, -0.2) is 28.6 Å². The highest BCUT2D eigenvalue weighted by molar-refractivity contribution is 9.10. The standard InChI is InChI=1S/C31H29Br2NO2S/c32-22-10-11-23-34(30(35)24-37-29-20-18-28(33)19-21-29)36-31(25-12-4-1-5-13-25,26-14-6-2-7-15-26)27-16-8-3-9-17-27/h1-9,12-21H,10-11,22-24H2. The number of nitrogens with zero attached hydrogens (tertiary/aromatic N) is 1. The summed E-state index contributed by atoms with van der Waals surface area (Å²) < 4.78 is 1.02. The zero-order valence-electron chi connectivity index (χ0n) is 20.4. The van der Waals surface area contributed by atoms with E-state index < -0.39 is 5.60 Å². The van der Waals surface area contributed by atoms with Gasteiger partial charge in [0.25, 0.3) is 5.91 Å². The first kappa shape index (κ1) is 27.6. The molecule has 0 N–H and O–H groups in total. The number of rotatable bonds is 12. The molecule has 0 radical (unpaired) electrons. The van der Waals surface area contributed by atoms with Gasteiger partial charge in [-0.1, -0.05) is 123 Å². The van der Waals surface area contributed by atoms with Crippen LogP contribution in [0.4, 0.5) is 0 Å². The number of halogens is 2. The molecule has 0 saturated carbocycles. The van der Waals surface area contributed by atoms with Crippen LogP contribution >= 0.6 is 43.6 Å². The molecule has 1 amide bonds. The minimum atomic E-state index is -0.990. The largest absolute Gasteiger partial charge is 0.272 e. The molecule has 0 bridgehead atoms. The smallest absolute Gasteiger partial charge is 0.256 e. The Kier molecular flexibility index (Phi) is 10.4. The van der Waals surface area contributed by atoms with Gasteiger partial charge in [-0.15, -0.1) is 11.8 Å². The molecular formula is C31H29Br2NO2S. The van der Waals surface area contributed by atoms with Gasteiger partial charge in [0.2, 0.25) is 0 Å². The first-order valence-corrected chi connectivity index (χ1v) is 15.1. The molecule has 0 aliphatic heterocycles. The third-order valence-corrected chi connectivity index (χ3v) is 8.07. The molecule has 0 atom stereocenters. The number of alkyl halides is 1. The van der Waals surface area contributed by atoms with Gasteiger partial charge in [0.1, 0.15) is 0 Å². The van der Waals surface area contributed by atoms with Gasteiger partial charge >= 0.3 is 0 Å². The number of unbranched alkanes of at least 4 members (excludes halogenated alkanes) is 1. The van der Waals surface area contributed by atoms with Crippen molar-refractivity contribution < 1.29 is 9.63 Å². The third kappa shape index (κ3) is 7.14. The van der Waals surface area contributed by atoms with Gasteiger partial charge in [-0.25, -0.2) is 9.90 Å². The van der Waals surface area contributed by atoms with Gasteiger partial charge in [-0.2, -0.15) is 0 Å². The molecule has 0 aliphatic carbocycles. The number of hydrogen-bond donors (Lipinski definition) is 0. The van der Waals surface area contributed by atoms with E-state index in [0.717, 1.165) is 44.2 Å². The number of hydrogen-bond acceptors (Lipinski definition) is 3. The Morgan fingerprint density at radius 3 is 1.68 bits per heavy atom. The lowest BCUT2D eigenvalue weighted by Gasteiger charge is -2.39. The quantitative estimate of drug-likeness (QED) is 0.0512. The highest BCUT2D eigenvalue weighted by Gasteiger charge is 2.41. The van der Waals surface area contributed by atoms with Crippen LogP contribution in [-0.2, 0) is 15.2 Å². The van der Waals surface area contributed by atoms with E-state index in [0.29, 0.717) is 6.54 Å². The monoisotopic (exact) mass is 637 g/mol. The highest BCUT2D eigenvalue weighted by Crippen LogP contribution is 2.41. The number of benzene rings is 4. The van der Waals surface area contributed by atoms with E-state index in [2.05, 4.69) is 68.3 Å². The minimum absolute atomic E-state index is 0.0605. The lowest BCUT2D eigenvalue weighted by atomic mass is 9.80. The molecule has 4 aromatic carbocycles. The summed E-state index contributed by atoms with van der Waals surface area (Å²) in [6, 6.07) is 38.5. The third-order valence-electron chi connectivity index (χ3n) is 5.99. The second-order valence-corrected chi connectivity index (χ2v) is 11.3. The van der Waals surface area contributed by atoms with E-state index in [-0.39, 0.29) is 11.7 Å². The average molecular weight is 639 g/mol. The van der Waals surface area contributed by atoms with Crippen molar-refractivity contribution in [1.29, 1.82) is 0 Å². The number of carbonyl (C=O) groups is 1. The molecule has 6 heteroatoms. The fraction of sp³-hybridized carbons (Fsp3) is 0.194. The Morgan fingerprint density at radius 2 is 1.22 bits per heavy atom. The first-order valence-electron chi connectivity index (χ1n) is 12.2. The van der Waals surface area contributed by atoms with Gasteiger partial charge in [0, 0.05) is 21.2 Å². The molecule has 0 unspecified atom stereocenters. The second kappa shape index (κ2) is 14.0. The number of carbonyl (C=O) groups excluding carboxylic acids is 1. The fourth-order valence-electron chi connectivity index (χ4n) is 4.16. The Morgan fingerprint density at radius 1 is 0.730 bits per heavy atom. The van der Waals surface area contributed by atoms with Crippen LogP contribution in [0.2, 0.25) is 0 Å². The normalized spacial score (nSPS) is 11.3. The van der Waals surface area contributed by atoms with Crippen LogP contribution < -0.4 is 0 Å². The van der Waals surface area contributed by atoms with Gasteiger partial charge in [0.05, 0.1) is 5.75 Å². The van der Waals surface area contributed by atoms with Crippen molar-refractivity contribution in [3.05, 3.63) is 136 Å². The van der Waals surface area contributed by atoms with E-state index in [1.807, 2.05) is 78.9 Å². The summed E-state index contributed by atoms with van der Waals surface area (Å²) in [5.74, 6) is 0.222. The lowest BCUT2D eigenvalue weighted by Crippen LogP contribution is -2.44. The molecule has 0 heterocycles. The maximum absolute atomic E-state index is 13.7. The van der Waals surface area contributed by atoms with Crippen molar-refractivity contribution in [2.75, 3.05) is 17.6 Å². The molecular weight excluding hydrogens is 610 g/mol. The summed E-state index contributed by atoms with van der Waals surface area (Å²) in [6.45, 7) is 0.500. The molecule has 0 aromatic heterocycles. The van der Waals surface area contributed by atoms with E-state index >= 15 is 0 Å². The zero-order chi connectivity index (χ0) is 25.9. The molecule has 3 nitrogen and oxygen atoms in total. The SMILES string of the molecule is O=C(CSc1ccc(Br)cc1)N(CCCCBr)OC(c1ccccc1)(c1ccccc1)c1ccccc1. The molecule has 0 saturated heterocycles. The first-order chi connectivity index (χ1) is 18.1. The molecule has 190 valence electrons. The fourth-order valence-corrected chi connectivity index (χ4v) is 5.58. The van der Waals surface area contributed by atoms with Crippen molar-refractivity contribution in [2.45, 2.75) is 23.3 Å². The maximum atomic E-state index is 13.7. The van der Waals surface area contributed by atoms with Crippen LogP contribution in [0.25, 0.3) is 0 Å². The lowest BCUT2D eigenvalue weighted by molar-refractivity contribution is -0.220. The van der Waals surface area contributed by atoms with Crippen LogP contribution in [0.1, 0.15) is 29.5 Å². The molecule has 37 heavy (non-hydrogen) atoms. The van der Waals surface area contributed by atoms with Crippen LogP contribution in [0, 0.1) is 0 Å². The summed E-state index contributed by atoms with van der Waals surface area (Å²) in [6.07, 6.45) is 1.77. The maximum Gasteiger partial charge on any atom is 0.256 e. The summed E-state index contributed by atoms with van der Waals surface area (Å²) in [7, 11) is 0. The van der Waals surface area contributed by atoms with Crippen molar-refractivity contribution >= 4 is 49.5 Å². The van der Waals surface area contributed by atoms with Gasteiger partial charge in [0.15, 0.2) is 5.60 Å². The molecule has 4 aromatic rings. The number of amides is 1. The zero-order valence-corrected chi connectivity index (χ0v) is 24.4. The predicted octanol–water partition coefficient (Wildman–Crippen LogP) is 8.47. The predicted molar refractivity (Wildman–Crippen MR) is 160 cm³/mol. The summed E-state index contributed by atoms with van der Waals surface area (Å²) in [5.41, 5.74) is 1.90. The van der Waals surface area contributed by atoms with Crippen molar-refractivity contribution in [1.82, 2.24) is 5.06 Å². The molecule has 4 rings (SSSR count). The van der Waals surface area contributed by atoms with E-state index in [1.165, 1.54) is 11.8 Å². The van der Waals surface area contributed by atoms with Crippen molar-refractivity contribution in [2.24, 2.45) is 0 Å². The summed E-state index contributed by atoms with van der Waals surface area (Å²) in [5, 5.41) is 2.46. The van der Waals surface area contributed by atoms with Crippen LogP contribution in [0.5, 0.6) is 0 Å². The minimum Gasteiger partial charge on any atom is -0.272 e. The molecule has 0 fully saturated rings. The molecule has 0 spiro atoms.